The van der Waals surface area contributed by atoms with Crippen LogP contribution in [-0.4, -0.2) is 15.4 Å². The molecule has 0 spiro atoms. The summed E-state index contributed by atoms with van der Waals surface area (Å²) < 4.78 is 2.31. The second-order valence-corrected chi connectivity index (χ2v) is 8.45. The summed E-state index contributed by atoms with van der Waals surface area (Å²) in [4.78, 5) is 12.2. The maximum absolute atomic E-state index is 11.1. The molecule has 1 atom stereocenters. The van der Waals surface area contributed by atoms with Crippen molar-refractivity contribution in [3.05, 3.63) is 100 Å². The summed E-state index contributed by atoms with van der Waals surface area (Å²) in [5, 5.41) is 9.85. The van der Waals surface area contributed by atoms with Crippen molar-refractivity contribution in [1.29, 1.82) is 0 Å². The lowest BCUT2D eigenvalue weighted by atomic mass is 10.0. The van der Waals surface area contributed by atoms with E-state index in [0.29, 0.717) is 17.1 Å². The third-order valence-electron chi connectivity index (χ3n) is 4.88. The smallest absolute Gasteiger partial charge is 0.335 e. The Hall–Kier alpha value is -2.27. The molecule has 150 valence electrons. The van der Waals surface area contributed by atoms with Gasteiger partial charge in [-0.1, -0.05) is 54.9 Å². The van der Waals surface area contributed by atoms with E-state index in [0.717, 1.165) is 16.9 Å². The minimum absolute atomic E-state index is 0.167. The molecule has 3 nitrogen and oxygen atoms in total. The monoisotopic (exact) mass is 425 g/mol. The van der Waals surface area contributed by atoms with Gasteiger partial charge in [0.15, 0.2) is 0 Å². The van der Waals surface area contributed by atoms with Crippen LogP contribution in [0.25, 0.3) is 0 Å². The van der Waals surface area contributed by atoms with Crippen LogP contribution in [0.5, 0.6) is 0 Å². The van der Waals surface area contributed by atoms with Crippen LogP contribution in [0.2, 0.25) is 5.02 Å². The minimum Gasteiger partial charge on any atom is -0.478 e. The fourth-order valence-corrected chi connectivity index (χ4v) is 4.16. The topological polar surface area (TPSA) is 40.5 Å². The van der Waals surface area contributed by atoms with E-state index in [1.807, 2.05) is 36.4 Å². The Kier molecular flexibility index (Phi) is 7.37. The Bertz CT molecular complexity index is 940. The molecule has 0 aliphatic rings. The number of carboxylic acid groups (broad SMARTS) is 1. The molecule has 0 radical (unpaired) electrons. The second-order valence-electron chi connectivity index (χ2n) is 6.89. The zero-order valence-electron chi connectivity index (χ0n) is 16.5. The maximum Gasteiger partial charge on any atom is 0.335 e. The third-order valence-corrected chi connectivity index (χ3v) is 6.29. The molecule has 3 rings (SSSR count). The number of aryl methyl sites for hydroxylation is 1. The Morgan fingerprint density at radius 3 is 2.10 bits per heavy atom. The molecule has 0 saturated heterocycles. The molecule has 5 heteroatoms. The van der Waals surface area contributed by atoms with E-state index >= 15 is 0 Å². The van der Waals surface area contributed by atoms with Gasteiger partial charge in [0.1, 0.15) is 0 Å². The third kappa shape index (κ3) is 5.86. The SMILES string of the molecule is CCc1ccc(C(C)N(Cc2ccc(C(=O)O)cc2)Sc2ccc(Cl)cc2)cc1. The standard InChI is InChI=1S/C24H24ClNO2S/c1-3-18-4-8-20(9-5-18)17(2)26(29-23-14-12-22(25)13-15-23)16-19-6-10-21(11-7-19)24(27)28/h4-15,17H,3,16H2,1-2H3,(H,27,28). The summed E-state index contributed by atoms with van der Waals surface area (Å²) in [7, 11) is 0. The molecule has 3 aromatic carbocycles. The number of halogens is 1. The molecule has 0 aliphatic heterocycles. The average Bonchev–Trinajstić information content (AvgIpc) is 2.74. The summed E-state index contributed by atoms with van der Waals surface area (Å²) in [6.07, 6.45) is 1.02. The van der Waals surface area contributed by atoms with E-state index in [4.69, 9.17) is 16.7 Å². The van der Waals surface area contributed by atoms with Gasteiger partial charge >= 0.3 is 5.97 Å². The maximum atomic E-state index is 11.1. The highest BCUT2D eigenvalue weighted by Gasteiger charge is 2.18. The Balaban J connectivity index is 1.84. The van der Waals surface area contributed by atoms with E-state index in [1.165, 1.54) is 11.1 Å². The molecule has 1 N–H and O–H groups in total. The van der Waals surface area contributed by atoms with E-state index < -0.39 is 5.97 Å². The highest BCUT2D eigenvalue weighted by atomic mass is 35.5. The Morgan fingerprint density at radius 1 is 0.966 bits per heavy atom. The van der Waals surface area contributed by atoms with E-state index in [-0.39, 0.29) is 6.04 Å². The van der Waals surface area contributed by atoms with Gasteiger partial charge in [-0.05, 0) is 78.4 Å². The zero-order valence-corrected chi connectivity index (χ0v) is 18.1. The minimum atomic E-state index is -0.909. The molecule has 29 heavy (non-hydrogen) atoms. The van der Waals surface area contributed by atoms with Crippen molar-refractivity contribution >= 4 is 29.5 Å². The van der Waals surface area contributed by atoms with Crippen molar-refractivity contribution < 1.29 is 9.90 Å². The van der Waals surface area contributed by atoms with Crippen LogP contribution in [0.4, 0.5) is 0 Å². The molecule has 3 aromatic rings. The van der Waals surface area contributed by atoms with Crippen molar-refractivity contribution in [1.82, 2.24) is 4.31 Å². The lowest BCUT2D eigenvalue weighted by molar-refractivity contribution is 0.0697. The predicted molar refractivity (Wildman–Crippen MR) is 120 cm³/mol. The van der Waals surface area contributed by atoms with Crippen LogP contribution in [0.15, 0.2) is 77.7 Å². The van der Waals surface area contributed by atoms with Gasteiger partial charge < -0.3 is 5.11 Å². The summed E-state index contributed by atoms with van der Waals surface area (Å²) in [6, 6.07) is 23.8. The van der Waals surface area contributed by atoms with Gasteiger partial charge in [-0.2, -0.15) is 0 Å². The van der Waals surface area contributed by atoms with Crippen molar-refractivity contribution in [3.8, 4) is 0 Å². The fraction of sp³-hybridized carbons (Fsp3) is 0.208. The van der Waals surface area contributed by atoms with Crippen molar-refractivity contribution in [3.63, 3.8) is 0 Å². The largest absolute Gasteiger partial charge is 0.478 e. The predicted octanol–water partition coefficient (Wildman–Crippen LogP) is 6.87. The molecule has 1 unspecified atom stereocenters. The molecule has 0 heterocycles. The quantitative estimate of drug-likeness (QED) is 0.399. The number of rotatable bonds is 8. The van der Waals surface area contributed by atoms with Gasteiger partial charge in [-0.15, -0.1) is 0 Å². The van der Waals surface area contributed by atoms with Gasteiger partial charge in [0.25, 0.3) is 0 Å². The van der Waals surface area contributed by atoms with Crippen molar-refractivity contribution in [2.24, 2.45) is 0 Å². The Labute approximate surface area is 181 Å². The van der Waals surface area contributed by atoms with E-state index in [9.17, 15) is 4.79 Å². The summed E-state index contributed by atoms with van der Waals surface area (Å²) in [5.74, 6) is -0.909. The van der Waals surface area contributed by atoms with Crippen LogP contribution >= 0.6 is 23.5 Å². The van der Waals surface area contributed by atoms with Crippen molar-refractivity contribution in [2.45, 2.75) is 37.8 Å². The summed E-state index contributed by atoms with van der Waals surface area (Å²) >= 11 is 7.71. The van der Waals surface area contributed by atoms with E-state index in [2.05, 4.69) is 42.4 Å². The Morgan fingerprint density at radius 2 is 1.55 bits per heavy atom. The molecule has 0 saturated carbocycles. The first kappa shape index (κ1) is 21.4. The molecular weight excluding hydrogens is 402 g/mol. The average molecular weight is 426 g/mol. The number of nitrogens with zero attached hydrogens (tertiary/aromatic N) is 1. The summed E-state index contributed by atoms with van der Waals surface area (Å²) in [6.45, 7) is 5.03. The van der Waals surface area contributed by atoms with Gasteiger partial charge in [0, 0.05) is 22.5 Å². The highest BCUT2D eigenvalue weighted by Crippen LogP contribution is 2.34. The molecule has 0 aliphatic carbocycles. The van der Waals surface area contributed by atoms with Crippen LogP contribution in [0.3, 0.4) is 0 Å². The van der Waals surface area contributed by atoms with Gasteiger partial charge in [-0.3, -0.25) is 0 Å². The van der Waals surface area contributed by atoms with Crippen LogP contribution in [0, 0.1) is 0 Å². The first-order valence-corrected chi connectivity index (χ1v) is 10.7. The molecule has 0 fully saturated rings. The van der Waals surface area contributed by atoms with Crippen LogP contribution in [0.1, 0.15) is 46.9 Å². The number of hydrogen-bond acceptors (Lipinski definition) is 3. The van der Waals surface area contributed by atoms with Crippen LogP contribution in [-0.2, 0) is 13.0 Å². The molecule has 0 amide bonds. The molecule has 0 aromatic heterocycles. The first-order chi connectivity index (χ1) is 14.0. The lowest BCUT2D eigenvalue weighted by Gasteiger charge is -2.28. The van der Waals surface area contributed by atoms with Gasteiger partial charge in [0.05, 0.1) is 5.56 Å². The zero-order chi connectivity index (χ0) is 20.8. The lowest BCUT2D eigenvalue weighted by Crippen LogP contribution is -2.19. The molecule has 0 bridgehead atoms. The number of carbonyl (C=O) groups is 1. The van der Waals surface area contributed by atoms with Crippen LogP contribution < -0.4 is 0 Å². The van der Waals surface area contributed by atoms with Crippen molar-refractivity contribution in [2.75, 3.05) is 0 Å². The number of benzene rings is 3. The second kappa shape index (κ2) is 9.97. The molecular formula is C24H24ClNO2S. The fourth-order valence-electron chi connectivity index (χ4n) is 3.01. The highest BCUT2D eigenvalue weighted by molar-refractivity contribution is 7.97. The number of aromatic carboxylic acids is 1. The number of carboxylic acids is 1. The number of hydrogen-bond donors (Lipinski definition) is 1. The normalized spacial score (nSPS) is 12.1. The van der Waals surface area contributed by atoms with E-state index in [1.54, 1.807) is 24.1 Å². The first-order valence-electron chi connectivity index (χ1n) is 9.57. The summed E-state index contributed by atoms with van der Waals surface area (Å²) in [5.41, 5.74) is 3.93. The van der Waals surface area contributed by atoms with Gasteiger partial charge in [0.2, 0.25) is 0 Å². The van der Waals surface area contributed by atoms with Gasteiger partial charge in [-0.25, -0.2) is 9.10 Å².